The summed E-state index contributed by atoms with van der Waals surface area (Å²) >= 11 is 6.20. The first-order chi connectivity index (χ1) is 12.2. The van der Waals surface area contributed by atoms with Crippen LogP contribution < -0.4 is 10.6 Å². The maximum Gasteiger partial charge on any atom is 0.191 e. The number of aromatic nitrogens is 1. The lowest BCUT2D eigenvalue weighted by Crippen LogP contribution is -2.43. The van der Waals surface area contributed by atoms with Crippen molar-refractivity contribution >= 4 is 17.6 Å². The Hall–Kier alpha value is -2.08. The summed E-state index contributed by atoms with van der Waals surface area (Å²) in [6.45, 7) is 9.27. The summed E-state index contributed by atoms with van der Waals surface area (Å²) in [4.78, 5) is 4.22. The van der Waals surface area contributed by atoms with Crippen LogP contribution in [0.25, 0.3) is 0 Å². The van der Waals surface area contributed by atoms with E-state index in [0.717, 1.165) is 17.0 Å². The molecule has 0 fully saturated rings. The Morgan fingerprint density at radius 1 is 1.31 bits per heavy atom. The number of halogens is 2. The van der Waals surface area contributed by atoms with E-state index in [1.807, 2.05) is 19.9 Å². The van der Waals surface area contributed by atoms with E-state index in [0.29, 0.717) is 30.0 Å². The van der Waals surface area contributed by atoms with Crippen molar-refractivity contribution in [3.8, 4) is 0 Å². The summed E-state index contributed by atoms with van der Waals surface area (Å²) in [5, 5.41) is 10.9. The molecule has 1 aromatic carbocycles. The molecule has 0 radical (unpaired) electrons. The molecule has 2 rings (SSSR count). The van der Waals surface area contributed by atoms with Gasteiger partial charge in [0.05, 0.1) is 12.2 Å². The molecule has 1 heterocycles. The topological polar surface area (TPSA) is 62.5 Å². The van der Waals surface area contributed by atoms with Crippen LogP contribution in [0.4, 0.5) is 4.39 Å². The number of hydrogen-bond donors (Lipinski definition) is 2. The number of aliphatic imine (C=N–C) groups is 1. The number of nitrogens with one attached hydrogen (secondary N) is 2. The Kier molecular flexibility index (Phi) is 6.64. The molecule has 142 valence electrons. The third-order valence-electron chi connectivity index (χ3n) is 4.18. The summed E-state index contributed by atoms with van der Waals surface area (Å²) < 4.78 is 18.6. The van der Waals surface area contributed by atoms with Crippen LogP contribution in [0.15, 0.2) is 33.8 Å². The summed E-state index contributed by atoms with van der Waals surface area (Å²) in [5.74, 6) is 1.37. The summed E-state index contributed by atoms with van der Waals surface area (Å²) in [7, 11) is 1.70. The van der Waals surface area contributed by atoms with Gasteiger partial charge in [0.2, 0.25) is 0 Å². The molecule has 0 saturated heterocycles. The highest BCUT2D eigenvalue weighted by Crippen LogP contribution is 2.29. The third-order valence-corrected chi connectivity index (χ3v) is 4.49. The van der Waals surface area contributed by atoms with Gasteiger partial charge in [-0.15, -0.1) is 0 Å². The molecule has 0 atom stereocenters. The maximum atomic E-state index is 13.3. The van der Waals surface area contributed by atoms with Gasteiger partial charge in [-0.1, -0.05) is 50.5 Å². The first kappa shape index (κ1) is 20.2. The lowest BCUT2D eigenvalue weighted by Gasteiger charge is -2.27. The second-order valence-electron chi connectivity index (χ2n) is 7.16. The quantitative estimate of drug-likeness (QED) is 0.581. The molecule has 26 heavy (non-hydrogen) atoms. The van der Waals surface area contributed by atoms with Crippen molar-refractivity contribution in [3.05, 3.63) is 52.1 Å². The minimum Gasteiger partial charge on any atom is -0.359 e. The van der Waals surface area contributed by atoms with E-state index in [-0.39, 0.29) is 11.2 Å². The largest absolute Gasteiger partial charge is 0.359 e. The highest BCUT2D eigenvalue weighted by Gasteiger charge is 2.24. The zero-order valence-corrected chi connectivity index (χ0v) is 16.6. The average molecular weight is 381 g/mol. The molecule has 5 nitrogen and oxygen atoms in total. The van der Waals surface area contributed by atoms with Crippen LogP contribution in [0.2, 0.25) is 5.02 Å². The van der Waals surface area contributed by atoms with Crippen molar-refractivity contribution in [1.29, 1.82) is 0 Å². The van der Waals surface area contributed by atoms with Crippen LogP contribution >= 0.6 is 11.6 Å². The van der Waals surface area contributed by atoms with Crippen LogP contribution in [-0.2, 0) is 12.0 Å². The molecule has 0 amide bonds. The number of hydrogen-bond acceptors (Lipinski definition) is 3. The molecule has 0 bridgehead atoms. The molecule has 0 unspecified atom stereocenters. The smallest absolute Gasteiger partial charge is 0.191 e. The first-order valence-electron chi connectivity index (χ1n) is 8.58. The molecule has 0 aliphatic carbocycles. The van der Waals surface area contributed by atoms with Crippen molar-refractivity contribution in [3.63, 3.8) is 0 Å². The van der Waals surface area contributed by atoms with Gasteiger partial charge in [0.25, 0.3) is 0 Å². The highest BCUT2D eigenvalue weighted by molar-refractivity contribution is 6.31. The molecule has 0 aliphatic rings. The van der Waals surface area contributed by atoms with Crippen LogP contribution in [0, 0.1) is 5.82 Å². The molecular formula is C19H26ClFN4O. The van der Waals surface area contributed by atoms with E-state index in [9.17, 15) is 4.39 Å². The second-order valence-corrected chi connectivity index (χ2v) is 7.57. The van der Waals surface area contributed by atoms with E-state index >= 15 is 0 Å². The summed E-state index contributed by atoms with van der Waals surface area (Å²) in [6, 6.07) is 6.42. The van der Waals surface area contributed by atoms with Crippen LogP contribution in [0.1, 0.15) is 50.6 Å². The lowest BCUT2D eigenvalue weighted by molar-refractivity contribution is 0.371. The zero-order chi connectivity index (χ0) is 19.3. The number of benzene rings is 1. The average Bonchev–Trinajstić information content (AvgIpc) is 3.04. The van der Waals surface area contributed by atoms with E-state index in [4.69, 9.17) is 16.1 Å². The fraction of sp³-hybridized carbons (Fsp3) is 0.474. The minimum atomic E-state index is -0.340. The lowest BCUT2D eigenvalue weighted by atomic mass is 9.84. The van der Waals surface area contributed by atoms with Crippen LogP contribution in [-0.4, -0.2) is 24.7 Å². The van der Waals surface area contributed by atoms with Gasteiger partial charge in [0.15, 0.2) is 11.7 Å². The minimum absolute atomic E-state index is 0.306. The van der Waals surface area contributed by atoms with Crippen molar-refractivity contribution in [2.45, 2.75) is 45.6 Å². The van der Waals surface area contributed by atoms with E-state index in [1.165, 1.54) is 12.1 Å². The van der Waals surface area contributed by atoms with Gasteiger partial charge in [0.1, 0.15) is 5.82 Å². The van der Waals surface area contributed by atoms with Crippen molar-refractivity contribution in [2.75, 3.05) is 13.6 Å². The van der Waals surface area contributed by atoms with Gasteiger partial charge < -0.3 is 15.2 Å². The van der Waals surface area contributed by atoms with Crippen LogP contribution in [0.5, 0.6) is 0 Å². The molecule has 2 N–H and O–H groups in total. The Labute approximate surface area is 159 Å². The molecule has 0 aliphatic heterocycles. The zero-order valence-electron chi connectivity index (χ0n) is 15.9. The fourth-order valence-electron chi connectivity index (χ4n) is 2.51. The maximum absolute atomic E-state index is 13.3. The Bertz CT molecular complexity index is 771. The van der Waals surface area contributed by atoms with Gasteiger partial charge in [-0.25, -0.2) is 4.39 Å². The normalized spacial score (nSPS) is 12.5. The van der Waals surface area contributed by atoms with Crippen molar-refractivity contribution in [2.24, 2.45) is 4.99 Å². The highest BCUT2D eigenvalue weighted by atomic mass is 35.5. The number of rotatable bonds is 6. The van der Waals surface area contributed by atoms with Gasteiger partial charge in [-0.05, 0) is 23.6 Å². The SMILES string of the molecule is CN=C(NCc1cc(C(C)C)no1)NCC(C)(C)c1ccc(F)cc1Cl. The predicted molar refractivity (Wildman–Crippen MR) is 103 cm³/mol. The first-order valence-corrected chi connectivity index (χ1v) is 8.96. The molecule has 1 aromatic heterocycles. The number of guanidine groups is 1. The van der Waals surface area contributed by atoms with E-state index < -0.39 is 0 Å². The third kappa shape index (κ3) is 5.21. The van der Waals surface area contributed by atoms with Gasteiger partial charge >= 0.3 is 0 Å². The summed E-state index contributed by atoms with van der Waals surface area (Å²) in [5.41, 5.74) is 1.50. The Balaban J connectivity index is 1.94. The number of nitrogens with zero attached hydrogens (tertiary/aromatic N) is 2. The van der Waals surface area contributed by atoms with Gasteiger partial charge in [-0.3, -0.25) is 4.99 Å². The molecule has 7 heteroatoms. The standard InChI is InChI=1S/C19H26ClFN4O/c1-12(2)17-9-14(26-25-17)10-23-18(22-5)24-11-19(3,4)15-7-6-13(21)8-16(15)20/h6-9,12H,10-11H2,1-5H3,(H2,22,23,24). The predicted octanol–water partition coefficient (Wildman–Crippen LogP) is 4.23. The van der Waals surface area contributed by atoms with Gasteiger partial charge in [0, 0.05) is 30.1 Å². The molecule has 0 spiro atoms. The molecular weight excluding hydrogens is 355 g/mol. The Morgan fingerprint density at radius 2 is 2.04 bits per heavy atom. The van der Waals surface area contributed by atoms with Crippen molar-refractivity contribution < 1.29 is 8.91 Å². The van der Waals surface area contributed by atoms with E-state index in [2.05, 4.69) is 34.6 Å². The fourth-order valence-corrected chi connectivity index (χ4v) is 2.94. The monoisotopic (exact) mass is 380 g/mol. The van der Waals surface area contributed by atoms with Crippen LogP contribution in [0.3, 0.4) is 0 Å². The summed E-state index contributed by atoms with van der Waals surface area (Å²) in [6.07, 6.45) is 0. The molecule has 0 saturated carbocycles. The Morgan fingerprint density at radius 3 is 2.62 bits per heavy atom. The second kappa shape index (κ2) is 8.54. The molecule has 2 aromatic rings. The van der Waals surface area contributed by atoms with E-state index in [1.54, 1.807) is 13.1 Å². The van der Waals surface area contributed by atoms with Gasteiger partial charge in [-0.2, -0.15) is 0 Å². The van der Waals surface area contributed by atoms with Crippen molar-refractivity contribution in [1.82, 2.24) is 15.8 Å².